The Morgan fingerprint density at radius 3 is 3.15 bits per heavy atom. The number of dihydropyridines is 1. The van der Waals surface area contributed by atoms with E-state index in [2.05, 4.69) is 21.2 Å². The van der Waals surface area contributed by atoms with Crippen LogP contribution in [0.5, 0.6) is 0 Å². The number of allylic oxidation sites excluding steroid dienone is 2. The third-order valence-electron chi connectivity index (χ3n) is 1.55. The Labute approximate surface area is 86.0 Å². The van der Waals surface area contributed by atoms with Gasteiger partial charge in [0, 0.05) is 5.33 Å². The Bertz CT molecular complexity index is 236. The van der Waals surface area contributed by atoms with Gasteiger partial charge in [0.2, 0.25) is 0 Å². The summed E-state index contributed by atoms with van der Waals surface area (Å²) in [6.07, 6.45) is 7.14. The van der Waals surface area contributed by atoms with Crippen molar-refractivity contribution in [1.82, 2.24) is 5.32 Å². The lowest BCUT2D eigenvalue weighted by Gasteiger charge is -2.09. The zero-order valence-corrected chi connectivity index (χ0v) is 8.84. The molecule has 1 aliphatic heterocycles. The average Bonchev–Trinajstić information content (AvgIpc) is 2.19. The fraction of sp³-hybridized carbons (Fsp3) is 0.444. The largest absolute Gasteiger partial charge is 0.461 e. The second-order valence-electron chi connectivity index (χ2n) is 2.58. The van der Waals surface area contributed by atoms with Crippen LogP contribution in [-0.4, -0.2) is 17.9 Å². The molecule has 0 saturated carbocycles. The maximum Gasteiger partial charge on any atom is 0.354 e. The van der Waals surface area contributed by atoms with Crippen molar-refractivity contribution in [2.45, 2.75) is 12.8 Å². The van der Waals surface area contributed by atoms with Gasteiger partial charge in [0.25, 0.3) is 0 Å². The highest BCUT2D eigenvalue weighted by Gasteiger charge is 2.09. The summed E-state index contributed by atoms with van der Waals surface area (Å²) >= 11 is 3.26. The molecular formula is C9H12BrNO2. The van der Waals surface area contributed by atoms with Crippen LogP contribution in [0.3, 0.4) is 0 Å². The molecule has 0 unspecified atom stereocenters. The van der Waals surface area contributed by atoms with Crippen LogP contribution in [0.2, 0.25) is 0 Å². The topological polar surface area (TPSA) is 38.3 Å². The highest BCUT2D eigenvalue weighted by atomic mass is 79.9. The molecule has 0 bridgehead atoms. The predicted octanol–water partition coefficient (Wildman–Crippen LogP) is 1.71. The van der Waals surface area contributed by atoms with Crippen molar-refractivity contribution in [3.05, 3.63) is 24.0 Å². The van der Waals surface area contributed by atoms with Crippen molar-refractivity contribution < 1.29 is 9.53 Å². The number of carbonyl (C=O) groups excluding carboxylic acids is 1. The van der Waals surface area contributed by atoms with E-state index in [0.717, 1.165) is 18.2 Å². The van der Waals surface area contributed by atoms with Gasteiger partial charge in [-0.15, -0.1) is 0 Å². The monoisotopic (exact) mass is 245 g/mol. The molecule has 1 rings (SSSR count). The van der Waals surface area contributed by atoms with Crippen molar-refractivity contribution in [2.75, 3.05) is 11.9 Å². The lowest BCUT2D eigenvalue weighted by Crippen LogP contribution is -2.20. The van der Waals surface area contributed by atoms with Gasteiger partial charge in [-0.05, 0) is 25.1 Å². The number of carbonyl (C=O) groups is 1. The van der Waals surface area contributed by atoms with Crippen molar-refractivity contribution in [1.29, 1.82) is 0 Å². The predicted molar refractivity (Wildman–Crippen MR) is 54.3 cm³/mol. The Morgan fingerprint density at radius 1 is 1.69 bits per heavy atom. The first-order valence-corrected chi connectivity index (χ1v) is 5.31. The van der Waals surface area contributed by atoms with E-state index in [9.17, 15) is 4.79 Å². The summed E-state index contributed by atoms with van der Waals surface area (Å²) in [6.45, 7) is 0.465. The second-order valence-corrected chi connectivity index (χ2v) is 3.37. The van der Waals surface area contributed by atoms with Crippen molar-refractivity contribution in [3.63, 3.8) is 0 Å². The van der Waals surface area contributed by atoms with Gasteiger partial charge in [-0.25, -0.2) is 4.79 Å². The summed E-state index contributed by atoms with van der Waals surface area (Å²) in [4.78, 5) is 11.3. The molecular weight excluding hydrogens is 234 g/mol. The molecule has 1 N–H and O–H groups in total. The van der Waals surface area contributed by atoms with E-state index < -0.39 is 0 Å². The van der Waals surface area contributed by atoms with E-state index in [-0.39, 0.29) is 5.97 Å². The second kappa shape index (κ2) is 5.80. The normalized spacial score (nSPS) is 14.7. The minimum absolute atomic E-state index is 0.273. The molecule has 0 amide bonds. The molecule has 0 saturated heterocycles. The highest BCUT2D eigenvalue weighted by Crippen LogP contribution is 2.02. The third kappa shape index (κ3) is 3.63. The van der Waals surface area contributed by atoms with Gasteiger partial charge < -0.3 is 10.1 Å². The first kappa shape index (κ1) is 10.3. The SMILES string of the molecule is O=C(OCCCBr)C1=CCC=CN1. The molecule has 0 aromatic heterocycles. The molecule has 72 valence electrons. The summed E-state index contributed by atoms with van der Waals surface area (Å²) in [6, 6.07) is 0. The maximum atomic E-state index is 11.3. The zero-order chi connectivity index (χ0) is 9.52. The molecule has 0 aliphatic carbocycles. The Kier molecular flexibility index (Phi) is 4.60. The number of hydrogen-bond acceptors (Lipinski definition) is 3. The molecule has 0 fully saturated rings. The molecule has 0 spiro atoms. The van der Waals surface area contributed by atoms with Crippen LogP contribution in [0.4, 0.5) is 0 Å². The number of nitrogens with one attached hydrogen (secondary N) is 1. The van der Waals surface area contributed by atoms with Gasteiger partial charge in [-0.2, -0.15) is 0 Å². The van der Waals surface area contributed by atoms with Gasteiger partial charge in [-0.1, -0.05) is 22.0 Å². The van der Waals surface area contributed by atoms with Crippen molar-refractivity contribution in [3.8, 4) is 0 Å². The number of rotatable bonds is 4. The Balaban J connectivity index is 2.26. The van der Waals surface area contributed by atoms with Crippen LogP contribution in [-0.2, 0) is 9.53 Å². The van der Waals surface area contributed by atoms with Gasteiger partial charge >= 0.3 is 5.97 Å². The third-order valence-corrected chi connectivity index (χ3v) is 2.11. The van der Waals surface area contributed by atoms with Gasteiger partial charge in [-0.3, -0.25) is 0 Å². The molecule has 0 atom stereocenters. The summed E-state index contributed by atoms with van der Waals surface area (Å²) in [5.74, 6) is -0.273. The zero-order valence-electron chi connectivity index (χ0n) is 7.25. The molecule has 3 nitrogen and oxygen atoms in total. The molecule has 1 heterocycles. The molecule has 0 radical (unpaired) electrons. The first-order chi connectivity index (χ1) is 6.34. The summed E-state index contributed by atoms with van der Waals surface area (Å²) in [5, 5.41) is 3.69. The number of alkyl halides is 1. The molecule has 4 heteroatoms. The minimum Gasteiger partial charge on any atom is -0.461 e. The van der Waals surface area contributed by atoms with E-state index in [4.69, 9.17) is 4.74 Å². The summed E-state index contributed by atoms with van der Waals surface area (Å²) in [5.41, 5.74) is 0.539. The minimum atomic E-state index is -0.273. The Morgan fingerprint density at radius 2 is 2.54 bits per heavy atom. The van der Waals surface area contributed by atoms with E-state index >= 15 is 0 Å². The fourth-order valence-corrected chi connectivity index (χ4v) is 1.13. The highest BCUT2D eigenvalue weighted by molar-refractivity contribution is 9.09. The van der Waals surface area contributed by atoms with Gasteiger partial charge in [0.15, 0.2) is 0 Å². The van der Waals surface area contributed by atoms with Crippen LogP contribution in [0.25, 0.3) is 0 Å². The summed E-state index contributed by atoms with van der Waals surface area (Å²) in [7, 11) is 0. The first-order valence-electron chi connectivity index (χ1n) is 4.19. The number of hydrogen-bond donors (Lipinski definition) is 1. The Hall–Kier alpha value is -0.770. The van der Waals surface area contributed by atoms with E-state index in [1.807, 2.05) is 12.2 Å². The molecule has 0 aromatic rings. The van der Waals surface area contributed by atoms with E-state index in [1.54, 1.807) is 6.20 Å². The summed E-state index contributed by atoms with van der Waals surface area (Å²) < 4.78 is 4.99. The lowest BCUT2D eigenvalue weighted by molar-refractivity contribution is -0.139. The fourth-order valence-electron chi connectivity index (χ4n) is 0.901. The number of esters is 1. The lowest BCUT2D eigenvalue weighted by atomic mass is 10.2. The molecule has 1 aliphatic rings. The van der Waals surface area contributed by atoms with Crippen LogP contribution in [0, 0.1) is 0 Å². The van der Waals surface area contributed by atoms with E-state index in [1.165, 1.54) is 0 Å². The standard InChI is InChI=1S/C9H12BrNO2/c10-5-3-7-13-9(12)8-4-1-2-6-11-8/h2,4,6,11H,1,3,5,7H2. The van der Waals surface area contributed by atoms with Gasteiger partial charge in [0.05, 0.1) is 6.61 Å². The average molecular weight is 246 g/mol. The number of halogens is 1. The maximum absolute atomic E-state index is 11.3. The van der Waals surface area contributed by atoms with Crippen molar-refractivity contribution in [2.24, 2.45) is 0 Å². The molecule has 13 heavy (non-hydrogen) atoms. The molecule has 0 aromatic carbocycles. The smallest absolute Gasteiger partial charge is 0.354 e. The van der Waals surface area contributed by atoms with Crippen LogP contribution < -0.4 is 5.32 Å². The number of ether oxygens (including phenoxy) is 1. The van der Waals surface area contributed by atoms with Gasteiger partial charge in [0.1, 0.15) is 5.70 Å². The van der Waals surface area contributed by atoms with Crippen molar-refractivity contribution >= 4 is 21.9 Å². The van der Waals surface area contributed by atoms with E-state index in [0.29, 0.717) is 12.3 Å². The van der Waals surface area contributed by atoms with Crippen LogP contribution >= 0.6 is 15.9 Å². The van der Waals surface area contributed by atoms with Crippen LogP contribution in [0.15, 0.2) is 24.0 Å². The van der Waals surface area contributed by atoms with Crippen LogP contribution in [0.1, 0.15) is 12.8 Å². The quantitative estimate of drug-likeness (QED) is 0.466.